The van der Waals surface area contributed by atoms with Crippen LogP contribution in [0.25, 0.3) is 0 Å². The minimum absolute atomic E-state index is 0.0366. The standard InChI is InChI=1S/C20H25N5O2/c26-18-11-17(15-1-2-15)22-13-24(18)12-14-5-8-23(9-6-14)19-20(27)25(10-7-21-19)16-3-4-16/h7,10-11,13-16H,1-6,8-9,12H2. The van der Waals surface area contributed by atoms with Gasteiger partial charge in [-0.1, -0.05) is 0 Å². The number of aromatic nitrogens is 4. The SMILES string of the molecule is O=c1cc(C2CC2)ncn1CC1CCN(c2nccn(C3CC3)c2=O)CC1. The van der Waals surface area contributed by atoms with Crippen LogP contribution in [-0.4, -0.2) is 32.2 Å². The van der Waals surface area contributed by atoms with E-state index < -0.39 is 0 Å². The van der Waals surface area contributed by atoms with Gasteiger partial charge in [0.15, 0.2) is 5.82 Å². The number of hydrogen-bond acceptors (Lipinski definition) is 5. The molecule has 5 rings (SSSR count). The van der Waals surface area contributed by atoms with E-state index in [1.54, 1.807) is 29.4 Å². The Hall–Kier alpha value is -2.44. The van der Waals surface area contributed by atoms with Crippen LogP contribution in [0.1, 0.15) is 56.2 Å². The summed E-state index contributed by atoms with van der Waals surface area (Å²) >= 11 is 0. The maximum absolute atomic E-state index is 12.7. The molecule has 0 bridgehead atoms. The van der Waals surface area contributed by atoms with Gasteiger partial charge in [0.05, 0.1) is 12.0 Å². The topological polar surface area (TPSA) is 73.0 Å². The van der Waals surface area contributed by atoms with Crippen LogP contribution in [0.4, 0.5) is 5.82 Å². The first-order valence-electron chi connectivity index (χ1n) is 10.1. The number of hydrogen-bond donors (Lipinski definition) is 0. The lowest BCUT2D eigenvalue weighted by Gasteiger charge is -2.32. The van der Waals surface area contributed by atoms with Gasteiger partial charge in [0.2, 0.25) is 0 Å². The quantitative estimate of drug-likeness (QED) is 0.807. The van der Waals surface area contributed by atoms with Gasteiger partial charge in [-0.15, -0.1) is 0 Å². The van der Waals surface area contributed by atoms with Crippen LogP contribution in [0, 0.1) is 5.92 Å². The van der Waals surface area contributed by atoms with E-state index in [-0.39, 0.29) is 11.1 Å². The molecule has 0 aromatic carbocycles. The molecule has 27 heavy (non-hydrogen) atoms. The highest BCUT2D eigenvalue weighted by Crippen LogP contribution is 2.38. The minimum Gasteiger partial charge on any atom is -0.352 e. The highest BCUT2D eigenvalue weighted by Gasteiger charge is 2.28. The van der Waals surface area contributed by atoms with Crippen LogP contribution in [-0.2, 0) is 6.54 Å². The zero-order chi connectivity index (χ0) is 18.4. The highest BCUT2D eigenvalue weighted by atomic mass is 16.1. The Morgan fingerprint density at radius 3 is 2.44 bits per heavy atom. The Morgan fingerprint density at radius 1 is 1.00 bits per heavy atom. The normalized spacial score (nSPS) is 20.8. The Balaban J connectivity index is 1.24. The fourth-order valence-corrected chi connectivity index (χ4v) is 4.06. The first-order valence-corrected chi connectivity index (χ1v) is 10.1. The van der Waals surface area contributed by atoms with E-state index in [1.807, 2.05) is 4.57 Å². The van der Waals surface area contributed by atoms with E-state index in [4.69, 9.17) is 0 Å². The van der Waals surface area contributed by atoms with Crippen molar-refractivity contribution in [3.05, 3.63) is 51.2 Å². The summed E-state index contributed by atoms with van der Waals surface area (Å²) in [6.45, 7) is 2.33. The summed E-state index contributed by atoms with van der Waals surface area (Å²) < 4.78 is 3.58. The van der Waals surface area contributed by atoms with Gasteiger partial charge in [-0.05, 0) is 44.4 Å². The molecule has 2 aromatic heterocycles. The van der Waals surface area contributed by atoms with Gasteiger partial charge in [-0.3, -0.25) is 14.2 Å². The summed E-state index contributed by atoms with van der Waals surface area (Å²) in [6, 6.07) is 2.08. The lowest BCUT2D eigenvalue weighted by molar-refractivity contribution is 0.349. The summed E-state index contributed by atoms with van der Waals surface area (Å²) in [6.07, 6.45) is 11.7. The molecule has 3 fully saturated rings. The molecule has 3 aliphatic rings. The Kier molecular flexibility index (Phi) is 4.10. The van der Waals surface area contributed by atoms with E-state index in [0.717, 1.165) is 57.3 Å². The zero-order valence-corrected chi connectivity index (χ0v) is 15.5. The predicted octanol–water partition coefficient (Wildman–Crippen LogP) is 1.93. The summed E-state index contributed by atoms with van der Waals surface area (Å²) in [4.78, 5) is 35.9. The molecule has 7 heteroatoms. The highest BCUT2D eigenvalue weighted by molar-refractivity contribution is 5.36. The Labute approximate surface area is 157 Å². The molecule has 142 valence electrons. The fourth-order valence-electron chi connectivity index (χ4n) is 4.06. The Morgan fingerprint density at radius 2 is 1.78 bits per heavy atom. The van der Waals surface area contributed by atoms with Crippen LogP contribution in [0.15, 0.2) is 34.4 Å². The average molecular weight is 367 g/mol. The lowest BCUT2D eigenvalue weighted by atomic mass is 9.96. The molecule has 3 heterocycles. The van der Waals surface area contributed by atoms with Gasteiger partial charge in [-0.25, -0.2) is 9.97 Å². The summed E-state index contributed by atoms with van der Waals surface area (Å²) in [5.74, 6) is 1.52. The molecule has 0 N–H and O–H groups in total. The summed E-state index contributed by atoms with van der Waals surface area (Å²) in [7, 11) is 0. The maximum atomic E-state index is 12.7. The number of piperidine rings is 1. The first kappa shape index (κ1) is 16.7. The second kappa shape index (κ2) is 6.62. The van der Waals surface area contributed by atoms with Crippen LogP contribution < -0.4 is 16.0 Å². The second-order valence-corrected chi connectivity index (χ2v) is 8.20. The number of nitrogens with zero attached hydrogens (tertiary/aromatic N) is 5. The van der Waals surface area contributed by atoms with E-state index in [0.29, 0.717) is 30.2 Å². The first-order chi connectivity index (χ1) is 13.2. The van der Waals surface area contributed by atoms with Crippen LogP contribution >= 0.6 is 0 Å². The summed E-state index contributed by atoms with van der Waals surface area (Å²) in [5, 5.41) is 0. The molecule has 0 unspecified atom stereocenters. The third-order valence-electron chi connectivity index (χ3n) is 6.06. The monoisotopic (exact) mass is 367 g/mol. The molecule has 1 aliphatic heterocycles. The van der Waals surface area contributed by atoms with E-state index in [1.165, 1.54) is 0 Å². The van der Waals surface area contributed by atoms with E-state index >= 15 is 0 Å². The van der Waals surface area contributed by atoms with Crippen molar-refractivity contribution in [3.8, 4) is 0 Å². The second-order valence-electron chi connectivity index (χ2n) is 8.20. The maximum Gasteiger partial charge on any atom is 0.293 e. The van der Waals surface area contributed by atoms with E-state index in [9.17, 15) is 9.59 Å². The average Bonchev–Trinajstić information content (AvgIpc) is 3.57. The Bertz CT molecular complexity index is 949. The van der Waals surface area contributed by atoms with Crippen LogP contribution in [0.5, 0.6) is 0 Å². The van der Waals surface area contributed by atoms with Gasteiger partial charge in [0, 0.05) is 50.1 Å². The van der Waals surface area contributed by atoms with Crippen molar-refractivity contribution >= 4 is 5.82 Å². The van der Waals surface area contributed by atoms with Gasteiger partial charge in [-0.2, -0.15) is 0 Å². The van der Waals surface area contributed by atoms with Gasteiger partial charge >= 0.3 is 0 Å². The molecule has 0 radical (unpaired) electrons. The molecular weight excluding hydrogens is 342 g/mol. The molecule has 0 amide bonds. The lowest BCUT2D eigenvalue weighted by Crippen LogP contribution is -2.40. The largest absolute Gasteiger partial charge is 0.352 e. The molecule has 2 aliphatic carbocycles. The van der Waals surface area contributed by atoms with Gasteiger partial charge < -0.3 is 9.47 Å². The van der Waals surface area contributed by atoms with E-state index in [2.05, 4.69) is 14.9 Å². The molecule has 2 saturated carbocycles. The molecule has 0 atom stereocenters. The number of anilines is 1. The van der Waals surface area contributed by atoms with Crippen molar-refractivity contribution in [1.29, 1.82) is 0 Å². The predicted molar refractivity (Wildman–Crippen MR) is 102 cm³/mol. The van der Waals surface area contributed by atoms with Crippen molar-refractivity contribution in [2.45, 2.75) is 57.0 Å². The van der Waals surface area contributed by atoms with Crippen molar-refractivity contribution in [3.63, 3.8) is 0 Å². The molecule has 0 spiro atoms. The van der Waals surface area contributed by atoms with Gasteiger partial charge in [0.25, 0.3) is 11.1 Å². The van der Waals surface area contributed by atoms with Crippen LogP contribution in [0.2, 0.25) is 0 Å². The minimum atomic E-state index is 0.0366. The van der Waals surface area contributed by atoms with Crippen molar-refractivity contribution < 1.29 is 0 Å². The summed E-state index contributed by atoms with van der Waals surface area (Å²) in [5.41, 5.74) is 1.05. The molecule has 1 saturated heterocycles. The fraction of sp³-hybridized carbons (Fsp3) is 0.600. The number of rotatable bonds is 5. The van der Waals surface area contributed by atoms with Crippen LogP contribution in [0.3, 0.4) is 0 Å². The van der Waals surface area contributed by atoms with Crippen molar-refractivity contribution in [2.24, 2.45) is 5.92 Å². The zero-order valence-electron chi connectivity index (χ0n) is 15.5. The third kappa shape index (κ3) is 3.42. The molecular formula is C20H25N5O2. The third-order valence-corrected chi connectivity index (χ3v) is 6.06. The molecule has 7 nitrogen and oxygen atoms in total. The van der Waals surface area contributed by atoms with Gasteiger partial charge in [0.1, 0.15) is 0 Å². The smallest absolute Gasteiger partial charge is 0.293 e. The molecule has 2 aromatic rings. The van der Waals surface area contributed by atoms with Crippen molar-refractivity contribution in [2.75, 3.05) is 18.0 Å². The van der Waals surface area contributed by atoms with Crippen molar-refractivity contribution in [1.82, 2.24) is 19.1 Å².